The molecule has 1 aliphatic heterocycles. The summed E-state index contributed by atoms with van der Waals surface area (Å²) >= 11 is 0. The molecule has 0 unspecified atom stereocenters. The van der Waals surface area contributed by atoms with Gasteiger partial charge in [0, 0.05) is 38.1 Å². The van der Waals surface area contributed by atoms with Crippen LogP contribution in [0.2, 0.25) is 0 Å². The largest absolute Gasteiger partial charge is 0.454 e. The Bertz CT molecular complexity index is 691. The van der Waals surface area contributed by atoms with E-state index in [9.17, 15) is 4.79 Å². The molecule has 120 valence electrons. The van der Waals surface area contributed by atoms with Gasteiger partial charge >= 0.3 is 0 Å². The van der Waals surface area contributed by atoms with E-state index in [1.807, 2.05) is 32.2 Å². The zero-order valence-electron chi connectivity index (χ0n) is 13.2. The van der Waals surface area contributed by atoms with E-state index in [1.54, 1.807) is 23.5 Å². The Morgan fingerprint density at radius 2 is 2.13 bits per heavy atom. The van der Waals surface area contributed by atoms with Crippen molar-refractivity contribution < 1.29 is 14.3 Å². The maximum absolute atomic E-state index is 12.5. The van der Waals surface area contributed by atoms with Crippen molar-refractivity contribution in [1.82, 2.24) is 14.9 Å². The smallest absolute Gasteiger partial charge is 0.231 e. The summed E-state index contributed by atoms with van der Waals surface area (Å²) in [5, 5.41) is 0. The van der Waals surface area contributed by atoms with Gasteiger partial charge in [-0.3, -0.25) is 14.8 Å². The van der Waals surface area contributed by atoms with E-state index < -0.39 is 0 Å². The molecule has 1 aromatic heterocycles. The van der Waals surface area contributed by atoms with Crippen LogP contribution in [0.25, 0.3) is 0 Å². The number of hydrogen-bond donors (Lipinski definition) is 0. The van der Waals surface area contributed by atoms with Crippen LogP contribution >= 0.6 is 0 Å². The van der Waals surface area contributed by atoms with Gasteiger partial charge < -0.3 is 14.4 Å². The van der Waals surface area contributed by atoms with Crippen LogP contribution in [0.15, 0.2) is 36.8 Å². The fraction of sp³-hybridized carbons (Fsp3) is 0.353. The van der Waals surface area contributed by atoms with Gasteiger partial charge in [0.15, 0.2) is 11.5 Å². The summed E-state index contributed by atoms with van der Waals surface area (Å²) in [5.74, 6) is 1.48. The molecule has 0 spiro atoms. The lowest BCUT2D eigenvalue weighted by Gasteiger charge is -2.24. The summed E-state index contributed by atoms with van der Waals surface area (Å²) in [7, 11) is 1.82. The van der Waals surface area contributed by atoms with Crippen molar-refractivity contribution in [2.24, 2.45) is 0 Å². The third-order valence-corrected chi connectivity index (χ3v) is 3.97. The SMILES string of the molecule is C[C@@H](Cc1cnccn1)N(C)C(=O)Cc1ccc2c(c1)OCO2. The highest BCUT2D eigenvalue weighted by Gasteiger charge is 2.19. The summed E-state index contributed by atoms with van der Waals surface area (Å²) < 4.78 is 10.6. The van der Waals surface area contributed by atoms with Crippen LogP contribution in [0.3, 0.4) is 0 Å². The highest BCUT2D eigenvalue weighted by molar-refractivity contribution is 5.79. The average molecular weight is 313 g/mol. The maximum Gasteiger partial charge on any atom is 0.231 e. The van der Waals surface area contributed by atoms with E-state index in [1.165, 1.54) is 0 Å². The first-order chi connectivity index (χ1) is 11.1. The topological polar surface area (TPSA) is 64.6 Å². The van der Waals surface area contributed by atoms with Crippen molar-refractivity contribution in [2.75, 3.05) is 13.8 Å². The van der Waals surface area contributed by atoms with Gasteiger partial charge in [-0.25, -0.2) is 0 Å². The monoisotopic (exact) mass is 313 g/mol. The fourth-order valence-electron chi connectivity index (χ4n) is 2.47. The Labute approximate surface area is 135 Å². The minimum absolute atomic E-state index is 0.0493. The number of nitrogens with zero attached hydrogens (tertiary/aromatic N) is 3. The number of benzene rings is 1. The Hall–Kier alpha value is -2.63. The first kappa shape index (κ1) is 15.3. The van der Waals surface area contributed by atoms with Crippen molar-refractivity contribution in [2.45, 2.75) is 25.8 Å². The van der Waals surface area contributed by atoms with Gasteiger partial charge in [-0.15, -0.1) is 0 Å². The van der Waals surface area contributed by atoms with E-state index in [4.69, 9.17) is 9.47 Å². The summed E-state index contributed by atoms with van der Waals surface area (Å²) in [5.41, 5.74) is 1.79. The zero-order chi connectivity index (χ0) is 16.2. The summed E-state index contributed by atoms with van der Waals surface area (Å²) in [4.78, 5) is 22.5. The number of ether oxygens (including phenoxy) is 2. The number of aromatic nitrogens is 2. The Kier molecular flexibility index (Phi) is 4.41. The van der Waals surface area contributed by atoms with Crippen LogP contribution in [0.5, 0.6) is 11.5 Å². The van der Waals surface area contributed by atoms with Crippen molar-refractivity contribution in [1.29, 1.82) is 0 Å². The molecule has 1 aliphatic rings. The molecule has 0 bridgehead atoms. The van der Waals surface area contributed by atoms with Gasteiger partial charge in [0.05, 0.1) is 12.1 Å². The van der Waals surface area contributed by atoms with Crippen LogP contribution in [-0.4, -0.2) is 40.7 Å². The second kappa shape index (κ2) is 6.64. The quantitative estimate of drug-likeness (QED) is 0.843. The van der Waals surface area contributed by atoms with E-state index >= 15 is 0 Å². The molecule has 2 aromatic rings. The van der Waals surface area contributed by atoms with Gasteiger partial charge in [0.2, 0.25) is 12.7 Å². The van der Waals surface area contributed by atoms with Gasteiger partial charge in [-0.2, -0.15) is 0 Å². The Balaban J connectivity index is 1.61. The van der Waals surface area contributed by atoms with Crippen molar-refractivity contribution in [3.05, 3.63) is 48.0 Å². The standard InChI is InChI=1S/C17H19N3O3/c1-12(7-14-10-18-5-6-19-14)20(2)17(21)9-13-3-4-15-16(8-13)23-11-22-15/h3-6,8,10,12H,7,9,11H2,1-2H3/t12-/m0/s1. The minimum atomic E-state index is 0.0493. The van der Waals surface area contributed by atoms with E-state index in [0.717, 1.165) is 17.0 Å². The number of likely N-dealkylation sites (N-methyl/N-ethyl adjacent to an activating group) is 1. The van der Waals surface area contributed by atoms with Crippen molar-refractivity contribution >= 4 is 5.91 Å². The normalized spacial score (nSPS) is 13.7. The van der Waals surface area contributed by atoms with Gasteiger partial charge in [0.25, 0.3) is 0 Å². The molecule has 0 fully saturated rings. The zero-order valence-corrected chi connectivity index (χ0v) is 13.2. The molecule has 0 N–H and O–H groups in total. The van der Waals surface area contributed by atoms with Gasteiger partial charge in [-0.05, 0) is 24.6 Å². The number of hydrogen-bond acceptors (Lipinski definition) is 5. The van der Waals surface area contributed by atoms with E-state index in [2.05, 4.69) is 9.97 Å². The number of carbonyl (C=O) groups is 1. The highest BCUT2D eigenvalue weighted by Crippen LogP contribution is 2.32. The molecule has 2 heterocycles. The Morgan fingerprint density at radius 1 is 1.30 bits per heavy atom. The lowest BCUT2D eigenvalue weighted by Crippen LogP contribution is -2.37. The summed E-state index contributed by atoms with van der Waals surface area (Å²) in [6, 6.07) is 5.65. The number of fused-ring (bicyclic) bond motifs is 1. The molecular formula is C17H19N3O3. The lowest BCUT2D eigenvalue weighted by molar-refractivity contribution is -0.130. The first-order valence-electron chi connectivity index (χ1n) is 7.52. The highest BCUT2D eigenvalue weighted by atomic mass is 16.7. The molecule has 6 heteroatoms. The molecule has 3 rings (SSSR count). The molecule has 1 amide bonds. The molecule has 0 radical (unpaired) electrons. The lowest BCUT2D eigenvalue weighted by atomic mass is 10.1. The van der Waals surface area contributed by atoms with Crippen LogP contribution in [0.1, 0.15) is 18.2 Å². The predicted octanol–water partition coefficient (Wildman–Crippen LogP) is 1.84. The molecule has 23 heavy (non-hydrogen) atoms. The molecule has 1 atom stereocenters. The molecule has 0 saturated carbocycles. The van der Waals surface area contributed by atoms with E-state index in [-0.39, 0.29) is 18.7 Å². The first-order valence-corrected chi connectivity index (χ1v) is 7.52. The minimum Gasteiger partial charge on any atom is -0.454 e. The second-order valence-electron chi connectivity index (χ2n) is 5.62. The summed E-state index contributed by atoms with van der Waals surface area (Å²) in [6.07, 6.45) is 6.04. The molecular weight excluding hydrogens is 294 g/mol. The number of carbonyl (C=O) groups excluding carboxylic acids is 1. The van der Waals surface area contributed by atoms with Crippen LogP contribution in [0, 0.1) is 0 Å². The molecule has 0 aliphatic carbocycles. The van der Waals surface area contributed by atoms with Crippen molar-refractivity contribution in [3.8, 4) is 11.5 Å². The van der Waals surface area contributed by atoms with Gasteiger partial charge in [-0.1, -0.05) is 6.07 Å². The van der Waals surface area contributed by atoms with E-state index in [0.29, 0.717) is 18.6 Å². The number of amides is 1. The third-order valence-electron chi connectivity index (χ3n) is 3.97. The van der Waals surface area contributed by atoms with Crippen LogP contribution in [-0.2, 0) is 17.6 Å². The fourth-order valence-corrected chi connectivity index (χ4v) is 2.47. The molecule has 0 saturated heterocycles. The molecule has 6 nitrogen and oxygen atoms in total. The maximum atomic E-state index is 12.5. The van der Waals surface area contributed by atoms with Gasteiger partial charge in [0.1, 0.15) is 0 Å². The summed E-state index contributed by atoms with van der Waals surface area (Å²) in [6.45, 7) is 2.24. The van der Waals surface area contributed by atoms with Crippen LogP contribution in [0.4, 0.5) is 0 Å². The third kappa shape index (κ3) is 3.59. The molecule has 1 aromatic carbocycles. The average Bonchev–Trinajstić information content (AvgIpc) is 3.02. The second-order valence-corrected chi connectivity index (χ2v) is 5.62. The van der Waals surface area contributed by atoms with Crippen molar-refractivity contribution in [3.63, 3.8) is 0 Å². The predicted molar refractivity (Wildman–Crippen MR) is 84.2 cm³/mol. The van der Waals surface area contributed by atoms with Crippen LogP contribution < -0.4 is 9.47 Å². The Morgan fingerprint density at radius 3 is 2.91 bits per heavy atom. The number of rotatable bonds is 5.